The average Bonchev–Trinajstić information content (AvgIpc) is 2.51. The lowest BCUT2D eigenvalue weighted by atomic mass is 10.2. The highest BCUT2D eigenvalue weighted by Gasteiger charge is 2.29. The van der Waals surface area contributed by atoms with Crippen molar-refractivity contribution in [2.45, 2.75) is 13.8 Å². The maximum Gasteiger partial charge on any atom is 0.344 e. The van der Waals surface area contributed by atoms with E-state index in [1.165, 1.54) is 14.0 Å². The van der Waals surface area contributed by atoms with Gasteiger partial charge in [0.15, 0.2) is 0 Å². The Bertz CT molecular complexity index is 825. The first-order valence-corrected chi connectivity index (χ1v) is 8.38. The molecule has 0 saturated carbocycles. The maximum absolute atomic E-state index is 12.1. The van der Waals surface area contributed by atoms with Crippen molar-refractivity contribution in [1.82, 2.24) is 4.31 Å². The van der Waals surface area contributed by atoms with Gasteiger partial charge in [0.1, 0.15) is 6.54 Å². The molecular formula is C15H17N3O5S. The molecule has 0 aromatic heterocycles. The number of amides is 1. The number of nitrogens with zero attached hydrogens (tertiary/aromatic N) is 2. The van der Waals surface area contributed by atoms with Gasteiger partial charge >= 0.3 is 16.2 Å². The van der Waals surface area contributed by atoms with E-state index in [1.54, 1.807) is 12.1 Å². The molecule has 9 heteroatoms. The van der Waals surface area contributed by atoms with Gasteiger partial charge in [-0.05, 0) is 26.0 Å². The first kappa shape index (κ1) is 17.7. The second kappa shape index (κ2) is 6.83. The number of anilines is 1. The number of hydrogen-bond acceptors (Lipinski definition) is 5. The molecule has 128 valence electrons. The van der Waals surface area contributed by atoms with Crippen LogP contribution in [0.25, 0.3) is 0 Å². The minimum Gasteiger partial charge on any atom is -0.465 e. The van der Waals surface area contributed by atoms with Crippen molar-refractivity contribution in [3.05, 3.63) is 41.6 Å². The van der Waals surface area contributed by atoms with Gasteiger partial charge in [0.25, 0.3) is 0 Å². The Kier molecular flexibility index (Phi) is 5.03. The number of aryl methyl sites for hydroxylation is 1. The van der Waals surface area contributed by atoms with Crippen LogP contribution in [0.4, 0.5) is 5.69 Å². The third-order valence-electron chi connectivity index (χ3n) is 3.25. The zero-order chi connectivity index (χ0) is 17.9. The number of esters is 1. The highest BCUT2D eigenvalue weighted by Crippen LogP contribution is 2.17. The smallest absolute Gasteiger partial charge is 0.344 e. The molecule has 0 aliphatic carbocycles. The Morgan fingerprint density at radius 3 is 2.42 bits per heavy atom. The minimum atomic E-state index is -4.07. The second-order valence-electron chi connectivity index (χ2n) is 5.15. The summed E-state index contributed by atoms with van der Waals surface area (Å²) in [5.41, 5.74) is 1.56. The Hall–Kier alpha value is -2.68. The van der Waals surface area contributed by atoms with E-state index in [0.717, 1.165) is 11.8 Å². The number of benzene rings is 1. The summed E-state index contributed by atoms with van der Waals surface area (Å²) < 4.78 is 32.9. The fourth-order valence-electron chi connectivity index (χ4n) is 2.00. The Labute approximate surface area is 140 Å². The van der Waals surface area contributed by atoms with Crippen molar-refractivity contribution < 1.29 is 22.7 Å². The number of ether oxygens (including phenoxy) is 1. The molecule has 1 aliphatic rings. The van der Waals surface area contributed by atoms with Gasteiger partial charge < -0.3 is 10.1 Å². The van der Waals surface area contributed by atoms with Gasteiger partial charge in [-0.3, -0.25) is 4.79 Å². The van der Waals surface area contributed by atoms with Crippen LogP contribution in [-0.4, -0.2) is 44.0 Å². The summed E-state index contributed by atoms with van der Waals surface area (Å²) in [6.45, 7) is 2.78. The van der Waals surface area contributed by atoms with E-state index in [9.17, 15) is 18.0 Å². The number of rotatable bonds is 4. The van der Waals surface area contributed by atoms with Crippen LogP contribution in [0.5, 0.6) is 0 Å². The van der Waals surface area contributed by atoms with Crippen molar-refractivity contribution in [1.29, 1.82) is 0 Å². The maximum atomic E-state index is 12.1. The lowest BCUT2D eigenvalue weighted by Gasteiger charge is -2.22. The first-order valence-electron chi connectivity index (χ1n) is 6.98. The quantitative estimate of drug-likeness (QED) is 0.815. The van der Waals surface area contributed by atoms with Gasteiger partial charge in [0, 0.05) is 11.9 Å². The summed E-state index contributed by atoms with van der Waals surface area (Å²) in [4.78, 5) is 23.7. The minimum absolute atomic E-state index is 0.0112. The van der Waals surface area contributed by atoms with Crippen molar-refractivity contribution in [3.63, 3.8) is 0 Å². The highest BCUT2D eigenvalue weighted by molar-refractivity contribution is 7.88. The standard InChI is InChI=1S/C15H17N3O5S/c1-10-4-6-12(7-5-10)16-14(19)9-18-8-13(15(20)23-3)11(2)17-24(18,21)22/h4-8H,9H2,1-3H3,(H,16,19). The average molecular weight is 351 g/mol. The number of methoxy groups -OCH3 is 1. The summed E-state index contributed by atoms with van der Waals surface area (Å²) in [6, 6.07) is 7.04. The van der Waals surface area contributed by atoms with E-state index in [2.05, 4.69) is 14.5 Å². The van der Waals surface area contributed by atoms with Crippen molar-refractivity contribution in [2.75, 3.05) is 19.0 Å². The molecule has 0 radical (unpaired) electrons. The zero-order valence-electron chi connectivity index (χ0n) is 13.4. The SMILES string of the molecule is COC(=O)C1=CN(CC(=O)Nc2ccc(C)cc2)S(=O)(=O)N=C1C. The third kappa shape index (κ3) is 3.99. The van der Waals surface area contributed by atoms with Crippen LogP contribution in [-0.2, 0) is 24.5 Å². The van der Waals surface area contributed by atoms with E-state index in [1.807, 2.05) is 19.1 Å². The summed E-state index contributed by atoms with van der Waals surface area (Å²) in [6.07, 6.45) is 1.05. The van der Waals surface area contributed by atoms with Crippen molar-refractivity contribution in [3.8, 4) is 0 Å². The van der Waals surface area contributed by atoms with Gasteiger partial charge in [-0.1, -0.05) is 17.7 Å². The molecule has 0 fully saturated rings. The topological polar surface area (TPSA) is 105 Å². The van der Waals surface area contributed by atoms with Gasteiger partial charge in [-0.25, -0.2) is 9.10 Å². The van der Waals surface area contributed by atoms with Crippen LogP contribution in [0.15, 0.2) is 40.4 Å². The van der Waals surface area contributed by atoms with Crippen LogP contribution in [0.3, 0.4) is 0 Å². The molecule has 24 heavy (non-hydrogen) atoms. The third-order valence-corrected chi connectivity index (χ3v) is 4.58. The zero-order valence-corrected chi connectivity index (χ0v) is 14.3. The molecule has 8 nitrogen and oxygen atoms in total. The summed E-state index contributed by atoms with van der Waals surface area (Å²) in [5.74, 6) is -1.28. The van der Waals surface area contributed by atoms with Gasteiger partial charge in [0.2, 0.25) is 5.91 Å². The monoisotopic (exact) mass is 351 g/mol. The van der Waals surface area contributed by atoms with Gasteiger partial charge in [-0.2, -0.15) is 8.42 Å². The van der Waals surface area contributed by atoms with Crippen LogP contribution >= 0.6 is 0 Å². The van der Waals surface area contributed by atoms with Crippen LogP contribution in [0.1, 0.15) is 12.5 Å². The van der Waals surface area contributed by atoms with Crippen LogP contribution in [0, 0.1) is 6.92 Å². The number of carbonyl (C=O) groups is 2. The van der Waals surface area contributed by atoms with E-state index in [0.29, 0.717) is 9.99 Å². The molecule has 1 N–H and O–H groups in total. The molecule has 1 heterocycles. The Balaban J connectivity index is 2.17. The molecule has 0 spiro atoms. The Morgan fingerprint density at radius 1 is 1.21 bits per heavy atom. The lowest BCUT2D eigenvalue weighted by molar-refractivity contribution is -0.135. The molecule has 0 saturated heterocycles. The highest BCUT2D eigenvalue weighted by atomic mass is 32.2. The molecule has 1 aromatic carbocycles. The fourth-order valence-corrected chi connectivity index (χ4v) is 3.06. The fraction of sp³-hybridized carbons (Fsp3) is 0.267. The predicted molar refractivity (Wildman–Crippen MR) is 88.6 cm³/mol. The van der Waals surface area contributed by atoms with E-state index in [4.69, 9.17) is 0 Å². The molecule has 2 rings (SSSR count). The normalized spacial score (nSPS) is 16.0. The van der Waals surface area contributed by atoms with Crippen molar-refractivity contribution in [2.24, 2.45) is 4.40 Å². The van der Waals surface area contributed by atoms with Gasteiger partial charge in [-0.15, -0.1) is 4.40 Å². The molecule has 0 bridgehead atoms. The summed E-state index contributed by atoms with van der Waals surface area (Å²) in [5, 5.41) is 2.58. The van der Waals surface area contributed by atoms with E-state index >= 15 is 0 Å². The number of carbonyl (C=O) groups excluding carboxylic acids is 2. The molecule has 1 aromatic rings. The second-order valence-corrected chi connectivity index (χ2v) is 6.70. The number of nitrogens with one attached hydrogen (secondary N) is 1. The van der Waals surface area contributed by atoms with E-state index < -0.39 is 28.6 Å². The lowest BCUT2D eigenvalue weighted by Crippen LogP contribution is -2.37. The summed E-state index contributed by atoms with van der Waals surface area (Å²) >= 11 is 0. The molecular weight excluding hydrogens is 334 g/mol. The predicted octanol–water partition coefficient (Wildman–Crippen LogP) is 1.01. The first-order chi connectivity index (χ1) is 11.2. The largest absolute Gasteiger partial charge is 0.465 e. The number of hydrogen-bond donors (Lipinski definition) is 1. The van der Waals surface area contributed by atoms with Gasteiger partial charge in [0.05, 0.1) is 18.4 Å². The summed E-state index contributed by atoms with van der Waals surface area (Å²) in [7, 11) is -2.89. The molecule has 0 atom stereocenters. The van der Waals surface area contributed by atoms with Crippen LogP contribution in [0.2, 0.25) is 0 Å². The van der Waals surface area contributed by atoms with E-state index in [-0.39, 0.29) is 11.3 Å². The molecule has 1 amide bonds. The van der Waals surface area contributed by atoms with Crippen LogP contribution < -0.4 is 5.32 Å². The van der Waals surface area contributed by atoms with Crippen molar-refractivity contribution >= 4 is 33.5 Å². The molecule has 0 unspecified atom stereocenters. The molecule has 1 aliphatic heterocycles. The Morgan fingerprint density at radius 2 is 1.83 bits per heavy atom.